The first-order chi connectivity index (χ1) is 11.1. The largest absolute Gasteiger partial charge is 0.444 e. The van der Waals surface area contributed by atoms with Gasteiger partial charge >= 0.3 is 6.09 Å². The van der Waals surface area contributed by atoms with E-state index in [0.29, 0.717) is 13.0 Å². The fourth-order valence-electron chi connectivity index (χ4n) is 2.46. The third kappa shape index (κ3) is 6.59. The number of amides is 1. The number of likely N-dealkylation sites (tertiary alicyclic amines) is 1. The van der Waals surface area contributed by atoms with Crippen molar-refractivity contribution in [1.29, 1.82) is 0 Å². The molecule has 0 spiro atoms. The van der Waals surface area contributed by atoms with E-state index in [-0.39, 0.29) is 29.1 Å². The molecule has 1 rings (SSSR count). The highest BCUT2D eigenvalue weighted by atomic mass is 28.4. The van der Waals surface area contributed by atoms with E-state index in [1.165, 1.54) is 13.0 Å². The van der Waals surface area contributed by atoms with E-state index in [2.05, 4.69) is 33.9 Å². The van der Waals surface area contributed by atoms with Crippen LogP contribution in [-0.2, 0) is 14.0 Å². The van der Waals surface area contributed by atoms with Gasteiger partial charge in [-0.05, 0) is 58.3 Å². The third-order valence-electron chi connectivity index (χ3n) is 4.75. The normalized spacial score (nSPS) is 22.5. The second kappa shape index (κ2) is 7.62. The zero-order valence-electron chi connectivity index (χ0n) is 17.3. The van der Waals surface area contributed by atoms with E-state index in [1.54, 1.807) is 11.0 Å². The average molecular weight is 370 g/mol. The van der Waals surface area contributed by atoms with Gasteiger partial charge < -0.3 is 9.16 Å². The second-order valence-electron chi connectivity index (χ2n) is 9.41. The first-order valence-electron chi connectivity index (χ1n) is 8.98. The van der Waals surface area contributed by atoms with Crippen LogP contribution in [0.1, 0.15) is 54.9 Å². The van der Waals surface area contributed by atoms with Gasteiger partial charge in [0.15, 0.2) is 14.1 Å². The van der Waals surface area contributed by atoms with Gasteiger partial charge in [0, 0.05) is 6.54 Å². The van der Waals surface area contributed by atoms with E-state index >= 15 is 0 Å². The Bertz CT molecular complexity index is 529. The van der Waals surface area contributed by atoms with E-state index in [1.807, 2.05) is 20.8 Å². The highest BCUT2D eigenvalue weighted by Crippen LogP contribution is 2.39. The summed E-state index contributed by atoms with van der Waals surface area (Å²) in [5.41, 5.74) is -0.551. The van der Waals surface area contributed by atoms with Crippen LogP contribution < -0.4 is 0 Å². The molecule has 2 atom stereocenters. The number of carbonyl (C=O) groups is 2. The standard InChI is InChI=1S/C19H35NO4Si/c1-14(21)10-11-15-12-16(24-25(8,9)19(5,6)7)13-20(15)17(22)23-18(2,3)4/h10-11,15-16H,12-13H2,1-9H3/b11-10+/t15-,16+/m0/s1. The predicted octanol–water partition coefficient (Wildman–Crippen LogP) is 4.53. The lowest BCUT2D eigenvalue weighted by molar-refractivity contribution is -0.112. The maximum atomic E-state index is 12.6. The highest BCUT2D eigenvalue weighted by Gasteiger charge is 2.43. The molecule has 0 aromatic heterocycles. The van der Waals surface area contributed by atoms with Crippen molar-refractivity contribution in [2.24, 2.45) is 0 Å². The molecule has 0 aromatic carbocycles. The summed E-state index contributed by atoms with van der Waals surface area (Å²) in [5, 5.41) is 0.108. The number of ether oxygens (including phenoxy) is 1. The molecule has 1 aliphatic heterocycles. The van der Waals surface area contributed by atoms with Gasteiger partial charge in [-0.2, -0.15) is 0 Å². The molecular weight excluding hydrogens is 334 g/mol. The number of hydrogen-bond acceptors (Lipinski definition) is 4. The Kier molecular flexibility index (Phi) is 6.67. The molecule has 0 aromatic rings. The van der Waals surface area contributed by atoms with Crippen molar-refractivity contribution < 1.29 is 18.8 Å². The van der Waals surface area contributed by atoms with Crippen LogP contribution in [0.5, 0.6) is 0 Å². The summed E-state index contributed by atoms with van der Waals surface area (Å²) in [4.78, 5) is 25.5. The molecule has 0 saturated carbocycles. The van der Waals surface area contributed by atoms with E-state index < -0.39 is 13.9 Å². The number of allylic oxidation sites excluding steroid dienone is 1. The number of rotatable bonds is 4. The summed E-state index contributed by atoms with van der Waals surface area (Å²) in [6.07, 6.45) is 3.62. The first kappa shape index (κ1) is 21.9. The van der Waals surface area contributed by atoms with Crippen molar-refractivity contribution in [3.63, 3.8) is 0 Å². The fourth-order valence-corrected chi connectivity index (χ4v) is 3.82. The summed E-state index contributed by atoms with van der Waals surface area (Å²) in [7, 11) is -1.93. The van der Waals surface area contributed by atoms with E-state index in [4.69, 9.17) is 9.16 Å². The zero-order chi connectivity index (χ0) is 19.6. The predicted molar refractivity (Wildman–Crippen MR) is 103 cm³/mol. The Balaban J connectivity index is 2.94. The highest BCUT2D eigenvalue weighted by molar-refractivity contribution is 6.74. The molecule has 1 saturated heterocycles. The van der Waals surface area contributed by atoms with Crippen molar-refractivity contribution in [3.05, 3.63) is 12.2 Å². The molecule has 1 amide bonds. The minimum Gasteiger partial charge on any atom is -0.444 e. The summed E-state index contributed by atoms with van der Waals surface area (Å²) in [6.45, 7) is 18.6. The minimum atomic E-state index is -1.93. The number of carbonyl (C=O) groups excluding carboxylic acids is 2. The van der Waals surface area contributed by atoms with E-state index in [9.17, 15) is 9.59 Å². The number of hydrogen-bond donors (Lipinski definition) is 0. The Morgan fingerprint density at radius 1 is 1.12 bits per heavy atom. The first-order valence-corrected chi connectivity index (χ1v) is 11.9. The topological polar surface area (TPSA) is 55.8 Å². The molecule has 0 unspecified atom stereocenters. The molecule has 0 bridgehead atoms. The van der Waals surface area contributed by atoms with Crippen LogP contribution in [0.15, 0.2) is 12.2 Å². The molecule has 1 heterocycles. The fraction of sp³-hybridized carbons (Fsp3) is 0.789. The molecule has 5 nitrogen and oxygen atoms in total. The summed E-state index contributed by atoms with van der Waals surface area (Å²) >= 11 is 0. The lowest BCUT2D eigenvalue weighted by Gasteiger charge is -2.38. The Morgan fingerprint density at radius 3 is 2.12 bits per heavy atom. The van der Waals surface area contributed by atoms with Gasteiger partial charge in [-0.1, -0.05) is 26.8 Å². The van der Waals surface area contributed by atoms with Crippen LogP contribution in [0.4, 0.5) is 4.79 Å². The average Bonchev–Trinajstić information content (AvgIpc) is 2.75. The molecule has 1 fully saturated rings. The van der Waals surface area contributed by atoms with Crippen LogP contribution in [0.25, 0.3) is 0 Å². The lowest BCUT2D eigenvalue weighted by Crippen LogP contribution is -2.45. The van der Waals surface area contributed by atoms with Crippen molar-refractivity contribution in [2.75, 3.05) is 6.54 Å². The van der Waals surface area contributed by atoms with Gasteiger partial charge in [-0.25, -0.2) is 4.79 Å². The van der Waals surface area contributed by atoms with Gasteiger partial charge in [0.05, 0.1) is 12.1 Å². The SMILES string of the molecule is CC(=O)/C=C/[C@H]1C[C@@H](O[Si](C)(C)C(C)(C)C)CN1C(=O)OC(C)(C)C. The monoisotopic (exact) mass is 369 g/mol. The molecule has 0 N–H and O–H groups in total. The van der Waals surface area contributed by atoms with Gasteiger partial charge in [0.2, 0.25) is 0 Å². The van der Waals surface area contributed by atoms with Gasteiger partial charge in [-0.15, -0.1) is 0 Å². The molecule has 6 heteroatoms. The Hall–Kier alpha value is -1.14. The number of nitrogens with zero attached hydrogens (tertiary/aromatic N) is 1. The zero-order valence-corrected chi connectivity index (χ0v) is 18.3. The molecule has 0 radical (unpaired) electrons. The maximum absolute atomic E-state index is 12.6. The summed E-state index contributed by atoms with van der Waals surface area (Å²) < 4.78 is 12.0. The quantitative estimate of drug-likeness (QED) is 0.539. The molecule has 25 heavy (non-hydrogen) atoms. The third-order valence-corrected chi connectivity index (χ3v) is 9.29. The van der Waals surface area contributed by atoms with Crippen molar-refractivity contribution in [2.45, 2.75) is 90.8 Å². The van der Waals surface area contributed by atoms with Crippen LogP contribution in [-0.4, -0.2) is 49.4 Å². The van der Waals surface area contributed by atoms with Gasteiger partial charge in [-0.3, -0.25) is 9.69 Å². The van der Waals surface area contributed by atoms with E-state index in [0.717, 1.165) is 0 Å². The smallest absolute Gasteiger partial charge is 0.410 e. The number of ketones is 1. The minimum absolute atomic E-state index is 0.0297. The lowest BCUT2D eigenvalue weighted by atomic mass is 10.1. The van der Waals surface area contributed by atoms with Crippen molar-refractivity contribution >= 4 is 20.2 Å². The van der Waals surface area contributed by atoms with Crippen molar-refractivity contribution in [1.82, 2.24) is 4.90 Å². The van der Waals surface area contributed by atoms with Crippen molar-refractivity contribution in [3.8, 4) is 0 Å². The van der Waals surface area contributed by atoms with Crippen LogP contribution in [0.3, 0.4) is 0 Å². The van der Waals surface area contributed by atoms with Crippen LogP contribution in [0.2, 0.25) is 18.1 Å². The summed E-state index contributed by atoms with van der Waals surface area (Å²) in [6, 6.07) is -0.173. The molecular formula is C19H35NO4Si. The maximum Gasteiger partial charge on any atom is 0.410 e. The van der Waals surface area contributed by atoms with Crippen LogP contribution in [0, 0.1) is 0 Å². The van der Waals surface area contributed by atoms with Gasteiger partial charge in [0.1, 0.15) is 5.60 Å². The molecule has 144 valence electrons. The summed E-state index contributed by atoms with van der Waals surface area (Å²) in [5.74, 6) is -0.0297. The van der Waals surface area contributed by atoms with Gasteiger partial charge in [0.25, 0.3) is 0 Å². The molecule has 1 aliphatic rings. The van der Waals surface area contributed by atoms with Crippen LogP contribution >= 0.6 is 0 Å². The Labute approximate surface area is 153 Å². The second-order valence-corrected chi connectivity index (χ2v) is 14.2. The molecule has 0 aliphatic carbocycles. The Morgan fingerprint density at radius 2 is 1.68 bits per heavy atom.